The van der Waals surface area contributed by atoms with Gasteiger partial charge in [0.1, 0.15) is 17.2 Å². The van der Waals surface area contributed by atoms with E-state index in [9.17, 15) is 0 Å². The zero-order valence-corrected chi connectivity index (χ0v) is 10.3. The van der Waals surface area contributed by atoms with Crippen LogP contribution in [0.5, 0.6) is 11.5 Å². The summed E-state index contributed by atoms with van der Waals surface area (Å²) in [5.74, 6) is 7.47. The summed E-state index contributed by atoms with van der Waals surface area (Å²) in [5, 5.41) is 0. The van der Waals surface area contributed by atoms with Crippen molar-refractivity contribution in [2.75, 3.05) is 14.2 Å². The fourth-order valence-electron chi connectivity index (χ4n) is 1.47. The van der Waals surface area contributed by atoms with Gasteiger partial charge in [-0.15, -0.1) is 0 Å². The minimum atomic E-state index is 0.692. The van der Waals surface area contributed by atoms with Gasteiger partial charge < -0.3 is 9.47 Å². The van der Waals surface area contributed by atoms with Gasteiger partial charge in [0.2, 0.25) is 0 Å². The highest BCUT2D eigenvalue weighted by molar-refractivity contribution is 5.51. The number of pyridine rings is 1. The molecule has 0 unspecified atom stereocenters. The number of aromatic nitrogens is 1. The van der Waals surface area contributed by atoms with E-state index in [2.05, 4.69) is 16.8 Å². The molecule has 3 nitrogen and oxygen atoms in total. The quantitative estimate of drug-likeness (QED) is 0.754. The Morgan fingerprint density at radius 2 is 1.89 bits per heavy atom. The van der Waals surface area contributed by atoms with E-state index in [1.54, 1.807) is 20.4 Å². The van der Waals surface area contributed by atoms with Gasteiger partial charge in [0.25, 0.3) is 0 Å². The largest absolute Gasteiger partial charge is 0.497 e. The second-order valence-corrected chi connectivity index (χ2v) is 3.53. The van der Waals surface area contributed by atoms with Crippen molar-refractivity contribution >= 4 is 0 Å². The number of ether oxygens (including phenoxy) is 2. The van der Waals surface area contributed by atoms with Crippen LogP contribution in [0.3, 0.4) is 0 Å². The number of nitrogens with zero attached hydrogens (tertiary/aromatic N) is 1. The molecule has 0 atom stereocenters. The number of hydrogen-bond donors (Lipinski definition) is 0. The van der Waals surface area contributed by atoms with Crippen LogP contribution in [-0.4, -0.2) is 19.2 Å². The van der Waals surface area contributed by atoms with Crippen LogP contribution in [0.2, 0.25) is 0 Å². The molecule has 0 saturated heterocycles. The first-order valence-electron chi connectivity index (χ1n) is 5.48. The van der Waals surface area contributed by atoms with Crippen molar-refractivity contribution < 1.29 is 9.47 Å². The number of rotatable bonds is 2. The first-order chi connectivity index (χ1) is 8.83. The van der Waals surface area contributed by atoms with Crippen LogP contribution in [-0.2, 0) is 0 Å². The van der Waals surface area contributed by atoms with Crippen molar-refractivity contribution in [3.05, 3.63) is 53.9 Å². The minimum Gasteiger partial charge on any atom is -0.497 e. The molecule has 0 N–H and O–H groups in total. The van der Waals surface area contributed by atoms with Gasteiger partial charge in [-0.2, -0.15) is 0 Å². The second-order valence-electron chi connectivity index (χ2n) is 3.53. The third kappa shape index (κ3) is 2.80. The van der Waals surface area contributed by atoms with Crippen LogP contribution in [0, 0.1) is 11.8 Å². The normalized spacial score (nSPS) is 9.22. The summed E-state index contributed by atoms with van der Waals surface area (Å²) in [6, 6.07) is 11.2. The molecule has 0 radical (unpaired) electrons. The van der Waals surface area contributed by atoms with E-state index < -0.39 is 0 Å². The molecule has 0 spiro atoms. The highest BCUT2D eigenvalue weighted by Gasteiger charge is 2.01. The van der Waals surface area contributed by atoms with Crippen LogP contribution in [0.25, 0.3) is 0 Å². The Balaban J connectivity index is 2.32. The first kappa shape index (κ1) is 12.0. The molecule has 0 saturated carbocycles. The van der Waals surface area contributed by atoms with E-state index in [0.29, 0.717) is 5.75 Å². The lowest BCUT2D eigenvalue weighted by atomic mass is 10.2. The predicted octanol–water partition coefficient (Wildman–Crippen LogP) is 2.50. The summed E-state index contributed by atoms with van der Waals surface area (Å²) < 4.78 is 10.4. The van der Waals surface area contributed by atoms with Gasteiger partial charge in [-0.1, -0.05) is 12.0 Å². The van der Waals surface area contributed by atoms with E-state index in [-0.39, 0.29) is 0 Å². The lowest BCUT2D eigenvalue weighted by Crippen LogP contribution is -1.90. The Hall–Kier alpha value is -2.47. The fourth-order valence-corrected chi connectivity index (χ4v) is 1.47. The van der Waals surface area contributed by atoms with Crippen molar-refractivity contribution in [3.8, 4) is 23.3 Å². The molecular formula is C15H13NO2. The second kappa shape index (κ2) is 5.74. The summed E-state index contributed by atoms with van der Waals surface area (Å²) in [6.45, 7) is 0. The SMILES string of the molecule is COc1ccc(C#Cc2ccccn2)c(OC)c1. The van der Waals surface area contributed by atoms with E-state index >= 15 is 0 Å². The summed E-state index contributed by atoms with van der Waals surface area (Å²) in [6.07, 6.45) is 1.72. The van der Waals surface area contributed by atoms with Crippen molar-refractivity contribution in [2.24, 2.45) is 0 Å². The maximum Gasteiger partial charge on any atom is 0.138 e. The molecule has 18 heavy (non-hydrogen) atoms. The highest BCUT2D eigenvalue weighted by Crippen LogP contribution is 2.23. The van der Waals surface area contributed by atoms with Crippen LogP contribution in [0.4, 0.5) is 0 Å². The summed E-state index contributed by atoms with van der Waals surface area (Å²) >= 11 is 0. The Morgan fingerprint density at radius 1 is 1.00 bits per heavy atom. The molecular weight excluding hydrogens is 226 g/mol. The molecule has 0 amide bonds. The highest BCUT2D eigenvalue weighted by atomic mass is 16.5. The molecule has 0 bridgehead atoms. The van der Waals surface area contributed by atoms with Gasteiger partial charge in [-0.25, -0.2) is 4.98 Å². The van der Waals surface area contributed by atoms with Gasteiger partial charge in [0.15, 0.2) is 0 Å². The van der Waals surface area contributed by atoms with Crippen LogP contribution < -0.4 is 9.47 Å². The van der Waals surface area contributed by atoms with Crippen molar-refractivity contribution in [2.45, 2.75) is 0 Å². The van der Waals surface area contributed by atoms with E-state index in [1.807, 2.05) is 36.4 Å². The molecule has 0 aliphatic rings. The van der Waals surface area contributed by atoms with Crippen LogP contribution in [0.15, 0.2) is 42.6 Å². The Bertz CT molecular complexity index is 582. The number of benzene rings is 1. The average molecular weight is 239 g/mol. The first-order valence-corrected chi connectivity index (χ1v) is 5.48. The molecule has 0 aliphatic carbocycles. The maximum atomic E-state index is 5.27. The monoisotopic (exact) mass is 239 g/mol. The standard InChI is InChI=1S/C15H13NO2/c1-17-14-9-7-12(15(11-14)18-2)6-8-13-5-3-4-10-16-13/h3-5,7,9-11H,1-2H3. The maximum absolute atomic E-state index is 5.27. The number of methoxy groups -OCH3 is 2. The van der Waals surface area contributed by atoms with Gasteiger partial charge in [-0.05, 0) is 30.2 Å². The molecule has 1 heterocycles. The third-order valence-electron chi connectivity index (χ3n) is 2.40. The topological polar surface area (TPSA) is 31.4 Å². The van der Waals surface area contributed by atoms with Gasteiger partial charge >= 0.3 is 0 Å². The molecule has 2 rings (SSSR count). The van der Waals surface area contributed by atoms with Crippen molar-refractivity contribution in [1.82, 2.24) is 4.98 Å². The third-order valence-corrected chi connectivity index (χ3v) is 2.40. The van der Waals surface area contributed by atoms with Crippen LogP contribution in [0.1, 0.15) is 11.3 Å². The van der Waals surface area contributed by atoms with Crippen molar-refractivity contribution in [3.63, 3.8) is 0 Å². The van der Waals surface area contributed by atoms with Gasteiger partial charge in [-0.3, -0.25) is 0 Å². The Kier molecular flexibility index (Phi) is 3.83. The minimum absolute atomic E-state index is 0.692. The molecule has 0 aliphatic heterocycles. The lowest BCUT2D eigenvalue weighted by Gasteiger charge is -2.05. The molecule has 1 aromatic carbocycles. The Labute approximate surface area is 106 Å². The summed E-state index contributed by atoms with van der Waals surface area (Å²) in [5.41, 5.74) is 1.54. The Morgan fingerprint density at radius 3 is 2.56 bits per heavy atom. The smallest absolute Gasteiger partial charge is 0.138 e. The fraction of sp³-hybridized carbons (Fsp3) is 0.133. The summed E-state index contributed by atoms with van der Waals surface area (Å²) in [4.78, 5) is 4.14. The van der Waals surface area contributed by atoms with Crippen LogP contribution >= 0.6 is 0 Å². The van der Waals surface area contributed by atoms with E-state index in [0.717, 1.165) is 17.0 Å². The number of hydrogen-bond acceptors (Lipinski definition) is 3. The van der Waals surface area contributed by atoms with Gasteiger partial charge in [0, 0.05) is 12.3 Å². The molecule has 90 valence electrons. The van der Waals surface area contributed by atoms with E-state index in [1.165, 1.54) is 0 Å². The zero-order valence-electron chi connectivity index (χ0n) is 10.3. The van der Waals surface area contributed by atoms with Gasteiger partial charge in [0.05, 0.1) is 19.8 Å². The van der Waals surface area contributed by atoms with E-state index in [4.69, 9.17) is 9.47 Å². The summed E-state index contributed by atoms with van der Waals surface area (Å²) in [7, 11) is 3.23. The molecule has 3 heteroatoms. The lowest BCUT2D eigenvalue weighted by molar-refractivity contribution is 0.393. The zero-order chi connectivity index (χ0) is 12.8. The molecule has 2 aromatic rings. The molecule has 1 aromatic heterocycles. The average Bonchev–Trinajstić information content (AvgIpc) is 2.46. The molecule has 0 fully saturated rings. The predicted molar refractivity (Wildman–Crippen MR) is 69.8 cm³/mol. The van der Waals surface area contributed by atoms with Crippen molar-refractivity contribution in [1.29, 1.82) is 0 Å².